The Kier molecular flexibility index (Phi) is 6.01. The van der Waals surface area contributed by atoms with E-state index in [4.69, 9.17) is 4.74 Å². The average molecular weight is 368 g/mol. The summed E-state index contributed by atoms with van der Waals surface area (Å²) >= 11 is 0. The average Bonchev–Trinajstić information content (AvgIpc) is 2.69. The molecule has 1 aromatic heterocycles. The first-order chi connectivity index (χ1) is 13.1. The van der Waals surface area contributed by atoms with Crippen molar-refractivity contribution in [2.45, 2.75) is 26.7 Å². The lowest BCUT2D eigenvalue weighted by atomic mass is 9.96. The van der Waals surface area contributed by atoms with Gasteiger partial charge in [-0.15, -0.1) is 0 Å². The van der Waals surface area contributed by atoms with Gasteiger partial charge in [0.2, 0.25) is 11.9 Å². The Morgan fingerprint density at radius 2 is 1.89 bits per heavy atom. The van der Waals surface area contributed by atoms with Crippen molar-refractivity contribution in [3.63, 3.8) is 0 Å². The fourth-order valence-corrected chi connectivity index (χ4v) is 3.08. The van der Waals surface area contributed by atoms with Crippen molar-refractivity contribution in [2.75, 3.05) is 29.9 Å². The molecule has 7 heteroatoms. The summed E-state index contributed by atoms with van der Waals surface area (Å²) in [6.45, 7) is 5.55. The van der Waals surface area contributed by atoms with Crippen molar-refractivity contribution in [2.24, 2.45) is 5.92 Å². The quantitative estimate of drug-likeness (QED) is 0.817. The van der Waals surface area contributed by atoms with E-state index in [1.807, 2.05) is 13.0 Å². The van der Waals surface area contributed by atoms with Crippen LogP contribution in [-0.4, -0.2) is 41.5 Å². The monoisotopic (exact) mass is 368 g/mol. The highest BCUT2D eigenvalue weighted by atomic mass is 16.5. The van der Waals surface area contributed by atoms with E-state index >= 15 is 0 Å². The topological polar surface area (TPSA) is 84.4 Å². The molecule has 0 saturated carbocycles. The number of aromatic nitrogens is 2. The van der Waals surface area contributed by atoms with Crippen LogP contribution in [0.15, 0.2) is 36.5 Å². The third-order valence-electron chi connectivity index (χ3n) is 4.59. The largest absolute Gasteiger partial charge is 0.462 e. The van der Waals surface area contributed by atoms with E-state index in [-0.39, 0.29) is 17.8 Å². The molecule has 1 aromatic carbocycles. The van der Waals surface area contributed by atoms with Crippen molar-refractivity contribution >= 4 is 23.5 Å². The summed E-state index contributed by atoms with van der Waals surface area (Å²) in [4.78, 5) is 35.1. The van der Waals surface area contributed by atoms with Crippen LogP contribution in [0.25, 0.3) is 0 Å². The minimum Gasteiger partial charge on any atom is -0.462 e. The van der Waals surface area contributed by atoms with Crippen LogP contribution in [0.5, 0.6) is 0 Å². The third-order valence-corrected chi connectivity index (χ3v) is 4.59. The van der Waals surface area contributed by atoms with Crippen molar-refractivity contribution in [1.82, 2.24) is 9.97 Å². The predicted octanol–water partition coefficient (Wildman–Crippen LogP) is 2.82. The van der Waals surface area contributed by atoms with Gasteiger partial charge in [-0.3, -0.25) is 4.79 Å². The molecule has 2 heterocycles. The molecule has 0 atom stereocenters. The van der Waals surface area contributed by atoms with Crippen molar-refractivity contribution in [1.29, 1.82) is 0 Å². The number of hydrogen-bond acceptors (Lipinski definition) is 6. The molecule has 0 aliphatic carbocycles. The van der Waals surface area contributed by atoms with Gasteiger partial charge in [-0.2, -0.15) is 0 Å². The van der Waals surface area contributed by atoms with E-state index in [9.17, 15) is 9.59 Å². The van der Waals surface area contributed by atoms with Crippen molar-refractivity contribution < 1.29 is 14.3 Å². The van der Waals surface area contributed by atoms with E-state index in [0.29, 0.717) is 17.9 Å². The van der Waals surface area contributed by atoms with Gasteiger partial charge in [0, 0.05) is 36.6 Å². The summed E-state index contributed by atoms with van der Waals surface area (Å²) < 4.78 is 4.96. The van der Waals surface area contributed by atoms with Crippen LogP contribution in [0.1, 0.15) is 35.8 Å². The molecule has 7 nitrogen and oxygen atoms in total. The Morgan fingerprint density at radius 1 is 1.19 bits per heavy atom. The van der Waals surface area contributed by atoms with Crippen LogP contribution >= 0.6 is 0 Å². The number of carbonyl (C=O) groups excluding carboxylic acids is 2. The number of aryl methyl sites for hydroxylation is 1. The van der Waals surface area contributed by atoms with Gasteiger partial charge in [0.25, 0.3) is 0 Å². The lowest BCUT2D eigenvalue weighted by molar-refractivity contribution is -0.120. The standard InChI is InChI=1S/C20H24N4O3/c1-3-27-19(26)16-4-6-17(7-5-16)23-18(25)15-9-12-24(13-10-15)20-21-11-8-14(2)22-20/h4-8,11,15H,3,9-10,12-13H2,1-2H3,(H,23,25). The summed E-state index contributed by atoms with van der Waals surface area (Å²) in [5, 5.41) is 2.93. The lowest BCUT2D eigenvalue weighted by Crippen LogP contribution is -2.39. The van der Waals surface area contributed by atoms with Gasteiger partial charge in [-0.05, 0) is 57.0 Å². The van der Waals surface area contributed by atoms with Crippen LogP contribution in [0.4, 0.5) is 11.6 Å². The number of ether oxygens (including phenoxy) is 1. The second-order valence-electron chi connectivity index (χ2n) is 6.55. The zero-order chi connectivity index (χ0) is 19.2. The maximum Gasteiger partial charge on any atom is 0.338 e. The van der Waals surface area contributed by atoms with E-state index in [2.05, 4.69) is 20.2 Å². The highest BCUT2D eigenvalue weighted by Crippen LogP contribution is 2.22. The minimum absolute atomic E-state index is 0.00342. The number of piperidine rings is 1. The number of nitrogens with zero attached hydrogens (tertiary/aromatic N) is 3. The number of esters is 1. The second-order valence-corrected chi connectivity index (χ2v) is 6.55. The molecule has 1 amide bonds. The summed E-state index contributed by atoms with van der Waals surface area (Å²) in [6.07, 6.45) is 3.27. The van der Waals surface area contributed by atoms with Crippen LogP contribution in [0, 0.1) is 12.8 Å². The van der Waals surface area contributed by atoms with E-state index in [0.717, 1.165) is 37.6 Å². The smallest absolute Gasteiger partial charge is 0.338 e. The molecule has 2 aromatic rings. The first-order valence-corrected chi connectivity index (χ1v) is 9.19. The molecule has 0 unspecified atom stereocenters. The Hall–Kier alpha value is -2.96. The molecular weight excluding hydrogens is 344 g/mol. The number of carbonyl (C=O) groups is 2. The van der Waals surface area contributed by atoms with Crippen LogP contribution in [-0.2, 0) is 9.53 Å². The molecule has 1 fully saturated rings. The SMILES string of the molecule is CCOC(=O)c1ccc(NC(=O)C2CCN(c3nccc(C)n3)CC2)cc1. The van der Waals surface area contributed by atoms with E-state index in [1.165, 1.54) is 0 Å². The predicted molar refractivity (Wildman–Crippen MR) is 103 cm³/mol. The van der Waals surface area contributed by atoms with Gasteiger partial charge >= 0.3 is 5.97 Å². The van der Waals surface area contributed by atoms with Crippen LogP contribution in [0.3, 0.4) is 0 Å². The Labute approximate surface area is 158 Å². The number of nitrogens with one attached hydrogen (secondary N) is 1. The third kappa shape index (κ3) is 4.81. The molecule has 1 aliphatic heterocycles. The number of anilines is 2. The molecule has 142 valence electrons. The Bertz CT molecular complexity index is 799. The zero-order valence-corrected chi connectivity index (χ0v) is 15.6. The number of benzene rings is 1. The Morgan fingerprint density at radius 3 is 2.52 bits per heavy atom. The van der Waals surface area contributed by atoms with Gasteiger partial charge in [0.15, 0.2) is 0 Å². The van der Waals surface area contributed by atoms with Gasteiger partial charge in [-0.1, -0.05) is 0 Å². The molecule has 27 heavy (non-hydrogen) atoms. The number of rotatable bonds is 5. The van der Waals surface area contributed by atoms with E-state index in [1.54, 1.807) is 37.4 Å². The zero-order valence-electron chi connectivity index (χ0n) is 15.6. The number of amides is 1. The van der Waals surface area contributed by atoms with Gasteiger partial charge < -0.3 is 15.0 Å². The minimum atomic E-state index is -0.360. The first-order valence-electron chi connectivity index (χ1n) is 9.19. The first kappa shape index (κ1) is 18.8. The summed E-state index contributed by atoms with van der Waals surface area (Å²) in [7, 11) is 0. The molecule has 0 spiro atoms. The summed E-state index contributed by atoms with van der Waals surface area (Å²) in [5.74, 6) is 0.323. The number of hydrogen-bond donors (Lipinski definition) is 1. The van der Waals surface area contributed by atoms with Gasteiger partial charge in [-0.25, -0.2) is 14.8 Å². The molecule has 1 aliphatic rings. The van der Waals surface area contributed by atoms with E-state index < -0.39 is 0 Å². The second kappa shape index (κ2) is 8.62. The summed E-state index contributed by atoms with van der Waals surface area (Å²) in [6, 6.07) is 8.63. The molecule has 1 N–H and O–H groups in total. The Balaban J connectivity index is 1.53. The molecule has 0 bridgehead atoms. The highest BCUT2D eigenvalue weighted by Gasteiger charge is 2.26. The van der Waals surface area contributed by atoms with Crippen LogP contribution < -0.4 is 10.2 Å². The maximum atomic E-state index is 12.5. The van der Waals surface area contributed by atoms with Gasteiger partial charge in [0.1, 0.15) is 0 Å². The fourth-order valence-electron chi connectivity index (χ4n) is 3.08. The highest BCUT2D eigenvalue weighted by molar-refractivity contribution is 5.94. The summed E-state index contributed by atoms with van der Waals surface area (Å²) in [5.41, 5.74) is 2.09. The van der Waals surface area contributed by atoms with Crippen LogP contribution in [0.2, 0.25) is 0 Å². The maximum absolute atomic E-state index is 12.5. The molecular formula is C20H24N4O3. The lowest BCUT2D eigenvalue weighted by Gasteiger charge is -2.31. The van der Waals surface area contributed by atoms with Crippen molar-refractivity contribution in [3.05, 3.63) is 47.8 Å². The van der Waals surface area contributed by atoms with Crippen molar-refractivity contribution in [3.8, 4) is 0 Å². The molecule has 1 saturated heterocycles. The molecule has 0 radical (unpaired) electrons. The molecule has 3 rings (SSSR count). The fraction of sp³-hybridized carbons (Fsp3) is 0.400. The van der Waals surface area contributed by atoms with Gasteiger partial charge in [0.05, 0.1) is 12.2 Å². The normalized spacial score (nSPS) is 14.7.